The van der Waals surface area contributed by atoms with Crippen LogP contribution in [0.5, 0.6) is 0 Å². The van der Waals surface area contributed by atoms with Crippen LogP contribution in [0.4, 0.5) is 0 Å². The minimum atomic E-state index is 0.00159. The highest BCUT2D eigenvalue weighted by Gasteiger charge is 2.26. The Bertz CT molecular complexity index is 803. The Balaban J connectivity index is 1.43. The number of hydrogen-bond acceptors (Lipinski definition) is 4. The number of likely N-dealkylation sites (tertiary alicyclic amines) is 1. The topological polar surface area (TPSA) is 79.7 Å². The van der Waals surface area contributed by atoms with Crippen LogP contribution in [0.2, 0.25) is 0 Å². The number of rotatable bonds is 3. The Hall–Kier alpha value is -2.96. The van der Waals surface area contributed by atoms with E-state index in [4.69, 9.17) is 0 Å². The Labute approximate surface area is 139 Å². The number of amides is 1. The first-order valence-corrected chi connectivity index (χ1v) is 8.05. The molecule has 122 valence electrons. The van der Waals surface area contributed by atoms with E-state index in [1.807, 2.05) is 46.0 Å². The predicted octanol–water partition coefficient (Wildman–Crippen LogP) is 2.15. The Morgan fingerprint density at radius 1 is 1.17 bits per heavy atom. The third-order valence-electron chi connectivity index (χ3n) is 4.44. The third-order valence-corrected chi connectivity index (χ3v) is 4.44. The van der Waals surface area contributed by atoms with Crippen LogP contribution in [-0.2, 0) is 0 Å². The molecular formula is C17H18N6O. The van der Waals surface area contributed by atoms with Crippen LogP contribution >= 0.6 is 0 Å². The number of aromatic amines is 1. The zero-order chi connectivity index (χ0) is 16.4. The van der Waals surface area contributed by atoms with Crippen molar-refractivity contribution < 1.29 is 4.79 Å². The van der Waals surface area contributed by atoms with Crippen molar-refractivity contribution >= 4 is 5.91 Å². The number of nitrogens with zero attached hydrogens (tertiary/aromatic N) is 5. The highest BCUT2D eigenvalue weighted by atomic mass is 16.2. The standard InChI is InChI=1S/C17H18N6O/c24-17(16-10-15(20-21-16)13-4-2-1-3-5-13)22-8-6-14(7-9-22)23-12-18-11-19-23/h1-5,10-12,14H,6-9H2,(H,20,21). The average Bonchev–Trinajstić information content (AvgIpc) is 3.34. The van der Waals surface area contributed by atoms with Gasteiger partial charge in [-0.3, -0.25) is 9.89 Å². The molecular weight excluding hydrogens is 304 g/mol. The Kier molecular flexibility index (Phi) is 3.82. The number of H-pyrrole nitrogens is 1. The van der Waals surface area contributed by atoms with Crippen LogP contribution in [0.15, 0.2) is 49.1 Å². The van der Waals surface area contributed by atoms with Crippen molar-refractivity contribution in [2.75, 3.05) is 13.1 Å². The molecule has 0 spiro atoms. The lowest BCUT2D eigenvalue weighted by atomic mass is 10.0. The van der Waals surface area contributed by atoms with E-state index in [2.05, 4.69) is 20.3 Å². The van der Waals surface area contributed by atoms with Crippen molar-refractivity contribution in [1.29, 1.82) is 0 Å². The van der Waals surface area contributed by atoms with Crippen molar-refractivity contribution in [2.45, 2.75) is 18.9 Å². The second kappa shape index (κ2) is 6.27. The summed E-state index contributed by atoms with van der Waals surface area (Å²) < 4.78 is 1.88. The van der Waals surface area contributed by atoms with Gasteiger partial charge in [0.15, 0.2) is 0 Å². The maximum absolute atomic E-state index is 12.7. The van der Waals surface area contributed by atoms with Gasteiger partial charge in [-0.25, -0.2) is 9.67 Å². The highest BCUT2D eigenvalue weighted by Crippen LogP contribution is 2.23. The molecule has 2 aromatic heterocycles. The van der Waals surface area contributed by atoms with Crippen LogP contribution in [-0.4, -0.2) is 48.9 Å². The molecule has 1 aliphatic rings. The molecule has 0 atom stereocenters. The van der Waals surface area contributed by atoms with Gasteiger partial charge in [0.2, 0.25) is 0 Å². The molecule has 0 unspecified atom stereocenters. The van der Waals surface area contributed by atoms with E-state index < -0.39 is 0 Å². The Morgan fingerprint density at radius 3 is 2.67 bits per heavy atom. The molecule has 0 bridgehead atoms. The number of nitrogens with one attached hydrogen (secondary N) is 1. The summed E-state index contributed by atoms with van der Waals surface area (Å²) in [6.07, 6.45) is 5.06. The first-order valence-electron chi connectivity index (χ1n) is 8.05. The number of benzene rings is 1. The van der Waals surface area contributed by atoms with Crippen LogP contribution in [0.25, 0.3) is 11.3 Å². The molecule has 0 aliphatic carbocycles. The molecule has 1 aliphatic heterocycles. The number of carbonyl (C=O) groups excluding carboxylic acids is 1. The molecule has 3 aromatic rings. The molecule has 7 nitrogen and oxygen atoms in total. The number of piperidine rings is 1. The van der Waals surface area contributed by atoms with Crippen LogP contribution in [0.3, 0.4) is 0 Å². The number of aromatic nitrogens is 5. The summed E-state index contributed by atoms with van der Waals surface area (Å²) >= 11 is 0. The fourth-order valence-electron chi connectivity index (χ4n) is 3.10. The van der Waals surface area contributed by atoms with Gasteiger partial charge < -0.3 is 4.90 Å². The van der Waals surface area contributed by atoms with Gasteiger partial charge in [0.1, 0.15) is 18.3 Å². The largest absolute Gasteiger partial charge is 0.337 e. The van der Waals surface area contributed by atoms with Crippen molar-refractivity contribution in [3.8, 4) is 11.3 Å². The lowest BCUT2D eigenvalue weighted by molar-refractivity contribution is 0.0684. The van der Waals surface area contributed by atoms with E-state index >= 15 is 0 Å². The molecule has 0 saturated carbocycles. The quantitative estimate of drug-likeness (QED) is 0.801. The monoisotopic (exact) mass is 322 g/mol. The lowest BCUT2D eigenvalue weighted by Gasteiger charge is -2.31. The van der Waals surface area contributed by atoms with Gasteiger partial charge in [-0.1, -0.05) is 30.3 Å². The molecule has 0 radical (unpaired) electrons. The molecule has 1 N–H and O–H groups in total. The number of carbonyl (C=O) groups is 1. The predicted molar refractivity (Wildman–Crippen MR) is 88.2 cm³/mol. The van der Waals surface area contributed by atoms with Crippen molar-refractivity contribution in [1.82, 2.24) is 29.9 Å². The van der Waals surface area contributed by atoms with Crippen molar-refractivity contribution in [3.05, 3.63) is 54.7 Å². The van der Waals surface area contributed by atoms with Crippen molar-refractivity contribution in [2.24, 2.45) is 0 Å². The van der Waals surface area contributed by atoms with E-state index in [-0.39, 0.29) is 5.91 Å². The molecule has 1 saturated heterocycles. The second-order valence-corrected chi connectivity index (χ2v) is 5.93. The summed E-state index contributed by atoms with van der Waals surface area (Å²) in [4.78, 5) is 18.5. The molecule has 1 fully saturated rings. The van der Waals surface area contributed by atoms with Gasteiger partial charge in [-0.2, -0.15) is 10.2 Å². The molecule has 7 heteroatoms. The summed E-state index contributed by atoms with van der Waals surface area (Å²) in [7, 11) is 0. The van der Waals surface area contributed by atoms with Gasteiger partial charge in [0, 0.05) is 18.7 Å². The maximum Gasteiger partial charge on any atom is 0.271 e. The first-order chi connectivity index (χ1) is 11.8. The van der Waals surface area contributed by atoms with Crippen molar-refractivity contribution in [3.63, 3.8) is 0 Å². The van der Waals surface area contributed by atoms with Gasteiger partial charge in [-0.15, -0.1) is 0 Å². The smallest absolute Gasteiger partial charge is 0.271 e. The van der Waals surface area contributed by atoms with Gasteiger partial charge in [-0.05, 0) is 18.9 Å². The van der Waals surface area contributed by atoms with Gasteiger partial charge in [0.05, 0.1) is 11.7 Å². The fourth-order valence-corrected chi connectivity index (χ4v) is 3.10. The van der Waals surface area contributed by atoms with Gasteiger partial charge >= 0.3 is 0 Å². The minimum Gasteiger partial charge on any atom is -0.337 e. The first kappa shape index (κ1) is 14.6. The normalized spacial score (nSPS) is 15.6. The summed E-state index contributed by atoms with van der Waals surface area (Å²) in [5.41, 5.74) is 2.32. The SMILES string of the molecule is O=C(c1cc(-c2ccccc2)n[nH]1)N1CCC(n2cncn2)CC1. The average molecular weight is 322 g/mol. The maximum atomic E-state index is 12.7. The lowest BCUT2D eigenvalue weighted by Crippen LogP contribution is -2.39. The summed E-state index contributed by atoms with van der Waals surface area (Å²) in [6, 6.07) is 12.0. The van der Waals surface area contributed by atoms with E-state index in [1.165, 1.54) is 0 Å². The molecule has 3 heterocycles. The highest BCUT2D eigenvalue weighted by molar-refractivity contribution is 5.93. The van der Waals surface area contributed by atoms with E-state index in [0.29, 0.717) is 24.8 Å². The summed E-state index contributed by atoms with van der Waals surface area (Å²) in [6.45, 7) is 1.42. The third kappa shape index (κ3) is 2.80. The molecule has 1 amide bonds. The minimum absolute atomic E-state index is 0.00159. The summed E-state index contributed by atoms with van der Waals surface area (Å²) in [5, 5.41) is 11.3. The van der Waals surface area contributed by atoms with E-state index in [1.54, 1.807) is 12.7 Å². The Morgan fingerprint density at radius 2 is 1.96 bits per heavy atom. The summed E-state index contributed by atoms with van der Waals surface area (Å²) in [5.74, 6) is 0.00159. The molecule has 4 rings (SSSR count). The zero-order valence-corrected chi connectivity index (χ0v) is 13.2. The van der Waals surface area contributed by atoms with E-state index in [0.717, 1.165) is 24.1 Å². The van der Waals surface area contributed by atoms with Gasteiger partial charge in [0.25, 0.3) is 5.91 Å². The number of hydrogen-bond donors (Lipinski definition) is 1. The van der Waals surface area contributed by atoms with Crippen LogP contribution in [0.1, 0.15) is 29.4 Å². The van der Waals surface area contributed by atoms with Crippen LogP contribution < -0.4 is 0 Å². The van der Waals surface area contributed by atoms with Crippen LogP contribution in [0, 0.1) is 0 Å². The fraction of sp³-hybridized carbons (Fsp3) is 0.294. The molecule has 24 heavy (non-hydrogen) atoms. The molecule has 1 aromatic carbocycles. The van der Waals surface area contributed by atoms with E-state index in [9.17, 15) is 4.79 Å². The zero-order valence-electron chi connectivity index (χ0n) is 13.2. The second-order valence-electron chi connectivity index (χ2n) is 5.93.